The Balaban J connectivity index is 1.25. The maximum Gasteiger partial charge on any atom is 0.336 e. The molecule has 0 radical (unpaired) electrons. The van der Waals surface area contributed by atoms with Crippen LogP contribution in [0.1, 0.15) is 80.0 Å². The Morgan fingerprint density at radius 1 is 0.977 bits per heavy atom. The minimum Gasteiger partial charge on any atom is -0.478 e. The van der Waals surface area contributed by atoms with Crippen molar-refractivity contribution < 1.29 is 14.7 Å². The summed E-state index contributed by atoms with van der Waals surface area (Å²) in [5, 5.41) is 9.65. The van der Waals surface area contributed by atoms with E-state index < -0.39 is 5.97 Å². The molecule has 0 unspecified atom stereocenters. The van der Waals surface area contributed by atoms with Crippen LogP contribution in [0, 0.1) is 17.8 Å². The zero-order chi connectivity index (χ0) is 29.7. The predicted molar refractivity (Wildman–Crippen MR) is 169 cm³/mol. The molecule has 4 saturated carbocycles. The lowest BCUT2D eigenvalue weighted by Gasteiger charge is -2.60. The van der Waals surface area contributed by atoms with Gasteiger partial charge in [0.2, 0.25) is 0 Å². The molecule has 3 N–H and O–H groups in total. The van der Waals surface area contributed by atoms with Crippen molar-refractivity contribution in [2.24, 2.45) is 23.5 Å². The number of rotatable bonds is 9. The number of hydrogen-bond acceptors (Lipinski definition) is 3. The number of benzene rings is 3. The van der Waals surface area contributed by atoms with Crippen molar-refractivity contribution in [2.75, 3.05) is 4.90 Å². The Bertz CT molecular complexity index is 1650. The standard InChI is InChI=1S/C36H40N4O3/c1-2-3-8-33-38-31-14-13-28(40(35(37)43)36-19-24-15-25(20-36)17-26(16-24)21-36)18-32(31)39(33)22-23-9-11-27(12-10-23)29-6-4-5-7-30(29)34(41)42/h4-7,9-14,18,24-26H,2-3,8,15-17,19-22H2,1H3,(H2,37,43)(H,41,42). The third kappa shape index (κ3) is 4.98. The SMILES string of the molecule is CCCCc1nc2ccc(N(C(N)=O)C34CC5CC(CC(C5)C3)C4)cc2n1Cc1ccc(-c2ccccc2C(=O)O)cc1. The van der Waals surface area contributed by atoms with E-state index in [1.165, 1.54) is 19.3 Å². The van der Waals surface area contributed by atoms with Gasteiger partial charge in [0.1, 0.15) is 5.82 Å². The third-order valence-corrected chi connectivity index (χ3v) is 10.3. The number of urea groups is 1. The van der Waals surface area contributed by atoms with Gasteiger partial charge in [0.25, 0.3) is 0 Å². The Morgan fingerprint density at radius 3 is 2.28 bits per heavy atom. The van der Waals surface area contributed by atoms with E-state index in [2.05, 4.69) is 35.8 Å². The number of anilines is 1. The highest BCUT2D eigenvalue weighted by molar-refractivity contribution is 5.96. The third-order valence-electron chi connectivity index (χ3n) is 10.3. The van der Waals surface area contributed by atoms with E-state index in [-0.39, 0.29) is 11.6 Å². The molecule has 3 aromatic carbocycles. The highest BCUT2D eigenvalue weighted by Gasteiger charge is 2.55. The molecule has 222 valence electrons. The van der Waals surface area contributed by atoms with E-state index in [1.807, 2.05) is 35.2 Å². The van der Waals surface area contributed by atoms with Crippen LogP contribution in [0.2, 0.25) is 0 Å². The lowest BCUT2D eigenvalue weighted by molar-refractivity contribution is -0.000197. The lowest BCUT2D eigenvalue weighted by Crippen LogP contribution is -2.63. The first kappa shape index (κ1) is 27.7. The number of carboxylic acids is 1. The first-order chi connectivity index (χ1) is 20.8. The summed E-state index contributed by atoms with van der Waals surface area (Å²) < 4.78 is 2.29. The molecular weight excluding hydrogens is 536 g/mol. The van der Waals surface area contributed by atoms with Gasteiger partial charge in [-0.05, 0) is 104 Å². The molecule has 4 bridgehead atoms. The zero-order valence-electron chi connectivity index (χ0n) is 24.8. The number of aryl methyl sites for hydroxylation is 1. The minimum atomic E-state index is -0.931. The quantitative estimate of drug-likeness (QED) is 0.214. The van der Waals surface area contributed by atoms with Crippen LogP contribution >= 0.6 is 0 Å². The normalized spacial score (nSPS) is 24.0. The van der Waals surface area contributed by atoms with Gasteiger partial charge in [-0.25, -0.2) is 14.6 Å². The molecule has 1 heterocycles. The van der Waals surface area contributed by atoms with E-state index in [1.54, 1.807) is 12.1 Å². The maximum atomic E-state index is 13.2. The van der Waals surface area contributed by atoms with E-state index in [0.717, 1.165) is 72.2 Å². The number of unbranched alkanes of at least 4 members (excludes halogenated alkanes) is 1. The lowest BCUT2D eigenvalue weighted by atomic mass is 9.52. The van der Waals surface area contributed by atoms with Gasteiger partial charge in [0.15, 0.2) is 0 Å². The first-order valence-corrected chi connectivity index (χ1v) is 15.8. The second-order valence-electron chi connectivity index (χ2n) is 13.3. The summed E-state index contributed by atoms with van der Waals surface area (Å²) in [4.78, 5) is 31.9. The fraction of sp³-hybridized carbons (Fsp3) is 0.417. The number of nitrogens with zero attached hydrogens (tertiary/aromatic N) is 3. The Labute approximate surface area is 252 Å². The van der Waals surface area contributed by atoms with Gasteiger partial charge in [-0.3, -0.25) is 4.90 Å². The fourth-order valence-corrected chi connectivity index (χ4v) is 8.87. The van der Waals surface area contributed by atoms with Gasteiger partial charge in [0, 0.05) is 18.7 Å². The number of primary amides is 1. The van der Waals surface area contributed by atoms with Gasteiger partial charge < -0.3 is 15.4 Å². The number of aromatic nitrogens is 2. The molecule has 0 saturated heterocycles. The minimum absolute atomic E-state index is 0.174. The van der Waals surface area contributed by atoms with Gasteiger partial charge in [-0.15, -0.1) is 0 Å². The highest BCUT2D eigenvalue weighted by Crippen LogP contribution is 2.58. The average Bonchev–Trinajstić information content (AvgIpc) is 3.31. The van der Waals surface area contributed by atoms with Crippen LogP contribution in [0.3, 0.4) is 0 Å². The number of carboxylic acid groups (broad SMARTS) is 1. The maximum absolute atomic E-state index is 13.2. The van der Waals surface area contributed by atoms with Crippen molar-refractivity contribution in [2.45, 2.75) is 76.8 Å². The van der Waals surface area contributed by atoms with Crippen molar-refractivity contribution in [3.05, 3.63) is 83.7 Å². The number of nitrogens with two attached hydrogens (primary N) is 1. The molecule has 8 rings (SSSR count). The van der Waals surface area contributed by atoms with Gasteiger partial charge in [0.05, 0.1) is 22.1 Å². The van der Waals surface area contributed by atoms with E-state index >= 15 is 0 Å². The van der Waals surface area contributed by atoms with Crippen LogP contribution in [0.25, 0.3) is 22.2 Å². The number of amides is 2. The van der Waals surface area contributed by atoms with Crippen LogP contribution in [0.4, 0.5) is 10.5 Å². The summed E-state index contributed by atoms with van der Waals surface area (Å²) in [6.45, 7) is 2.82. The second-order valence-corrected chi connectivity index (χ2v) is 13.3. The number of carbonyl (C=O) groups excluding carboxylic acids is 1. The number of hydrogen-bond donors (Lipinski definition) is 2. The van der Waals surface area contributed by atoms with Gasteiger partial charge in [-0.2, -0.15) is 0 Å². The van der Waals surface area contributed by atoms with E-state index in [4.69, 9.17) is 10.7 Å². The molecular formula is C36H40N4O3. The molecule has 0 atom stereocenters. The smallest absolute Gasteiger partial charge is 0.336 e. The Kier molecular flexibility index (Phi) is 6.99. The van der Waals surface area contributed by atoms with E-state index in [9.17, 15) is 14.7 Å². The van der Waals surface area contributed by atoms with Crippen molar-refractivity contribution in [3.8, 4) is 11.1 Å². The van der Waals surface area contributed by atoms with E-state index in [0.29, 0.717) is 35.4 Å². The summed E-state index contributed by atoms with van der Waals surface area (Å²) >= 11 is 0. The summed E-state index contributed by atoms with van der Waals surface area (Å²) in [7, 11) is 0. The fourth-order valence-electron chi connectivity index (χ4n) is 8.87. The number of imidazole rings is 1. The predicted octanol–water partition coefficient (Wildman–Crippen LogP) is 7.65. The zero-order valence-corrected chi connectivity index (χ0v) is 24.8. The van der Waals surface area contributed by atoms with Crippen molar-refractivity contribution in [1.29, 1.82) is 0 Å². The number of fused-ring (bicyclic) bond motifs is 1. The Morgan fingerprint density at radius 2 is 1.65 bits per heavy atom. The van der Waals surface area contributed by atoms with Crippen LogP contribution in [-0.4, -0.2) is 32.2 Å². The molecule has 0 spiro atoms. The molecule has 43 heavy (non-hydrogen) atoms. The topological polar surface area (TPSA) is 101 Å². The van der Waals surface area contributed by atoms with Crippen LogP contribution < -0.4 is 10.6 Å². The van der Waals surface area contributed by atoms with Crippen molar-refractivity contribution >= 4 is 28.7 Å². The molecule has 1 aromatic heterocycles. The molecule has 7 heteroatoms. The molecule has 4 aromatic rings. The molecule has 4 aliphatic carbocycles. The van der Waals surface area contributed by atoms with Crippen LogP contribution in [-0.2, 0) is 13.0 Å². The average molecular weight is 577 g/mol. The molecule has 4 fully saturated rings. The monoisotopic (exact) mass is 576 g/mol. The van der Waals surface area contributed by atoms with Crippen molar-refractivity contribution in [3.63, 3.8) is 0 Å². The Hall–Kier alpha value is -4.13. The molecule has 2 amide bonds. The van der Waals surface area contributed by atoms with Gasteiger partial charge in [-0.1, -0.05) is 55.8 Å². The first-order valence-electron chi connectivity index (χ1n) is 15.8. The summed E-state index contributed by atoms with van der Waals surface area (Å²) in [5.74, 6) is 2.21. The van der Waals surface area contributed by atoms with Crippen LogP contribution in [0.5, 0.6) is 0 Å². The largest absolute Gasteiger partial charge is 0.478 e. The van der Waals surface area contributed by atoms with Crippen LogP contribution in [0.15, 0.2) is 66.7 Å². The number of carbonyl (C=O) groups is 2. The summed E-state index contributed by atoms with van der Waals surface area (Å²) in [6, 6.07) is 21.1. The highest BCUT2D eigenvalue weighted by atomic mass is 16.4. The molecule has 0 aliphatic heterocycles. The number of aromatic carboxylic acids is 1. The van der Waals surface area contributed by atoms with Gasteiger partial charge >= 0.3 is 12.0 Å². The van der Waals surface area contributed by atoms with Crippen molar-refractivity contribution in [1.82, 2.24) is 9.55 Å². The second kappa shape index (κ2) is 10.9. The summed E-state index contributed by atoms with van der Waals surface area (Å²) in [6.07, 6.45) is 10.1. The molecule has 7 nitrogen and oxygen atoms in total. The molecule has 4 aliphatic rings. The summed E-state index contributed by atoms with van der Waals surface area (Å²) in [5.41, 5.74) is 11.8.